The Labute approximate surface area is 137 Å². The summed E-state index contributed by atoms with van der Waals surface area (Å²) in [5.41, 5.74) is 8.83. The second-order valence-electron chi connectivity index (χ2n) is 5.48. The van der Waals surface area contributed by atoms with Crippen molar-refractivity contribution in [1.29, 1.82) is 0 Å². The van der Waals surface area contributed by atoms with E-state index in [4.69, 9.17) is 5.73 Å². The molecule has 3 heterocycles. The highest BCUT2D eigenvalue weighted by Crippen LogP contribution is 2.34. The van der Waals surface area contributed by atoms with Crippen LogP contribution >= 0.6 is 0 Å². The Morgan fingerprint density at radius 2 is 2.26 bits per heavy atom. The number of nitrogens with one attached hydrogen (secondary N) is 1. The minimum atomic E-state index is -1.22. The van der Waals surface area contributed by atoms with Gasteiger partial charge in [-0.1, -0.05) is 6.92 Å². The molecule has 2 aromatic rings. The molecule has 0 radical (unpaired) electrons. The van der Waals surface area contributed by atoms with E-state index in [0.29, 0.717) is 41.4 Å². The van der Waals surface area contributed by atoms with E-state index in [2.05, 4.69) is 25.2 Å². The molecule has 0 aliphatic carbocycles. The summed E-state index contributed by atoms with van der Waals surface area (Å²) < 4.78 is 12.2. The lowest BCUT2D eigenvalue weighted by molar-refractivity contribution is 0.674. The number of hydrogen-bond donors (Lipinski definition) is 2. The molecule has 0 spiro atoms. The first-order valence-corrected chi connectivity index (χ1v) is 8.86. The number of anilines is 3. The van der Waals surface area contributed by atoms with Gasteiger partial charge in [0, 0.05) is 24.2 Å². The fourth-order valence-corrected chi connectivity index (χ4v) is 3.47. The third-order valence-electron chi connectivity index (χ3n) is 3.57. The van der Waals surface area contributed by atoms with Crippen molar-refractivity contribution in [3.8, 4) is 0 Å². The summed E-state index contributed by atoms with van der Waals surface area (Å²) in [7, 11) is -1.22. The fraction of sp³-hybridized carbons (Fsp3) is 0.400. The van der Waals surface area contributed by atoms with Gasteiger partial charge >= 0.3 is 0 Å². The number of nitrogens with zero attached hydrogens (tertiary/aromatic N) is 4. The lowest BCUT2D eigenvalue weighted by Crippen LogP contribution is -2.23. The highest BCUT2D eigenvalue weighted by molar-refractivity contribution is 7.84. The van der Waals surface area contributed by atoms with E-state index in [0.717, 1.165) is 17.7 Å². The van der Waals surface area contributed by atoms with Crippen molar-refractivity contribution in [3.05, 3.63) is 29.6 Å². The molecule has 1 unspecified atom stereocenters. The van der Waals surface area contributed by atoms with Crippen molar-refractivity contribution in [3.63, 3.8) is 0 Å². The van der Waals surface area contributed by atoms with Crippen molar-refractivity contribution in [2.45, 2.75) is 32.0 Å². The maximum atomic E-state index is 12.2. The molecule has 0 saturated carbocycles. The van der Waals surface area contributed by atoms with Gasteiger partial charge in [-0.2, -0.15) is 0 Å². The zero-order chi connectivity index (χ0) is 16.4. The van der Waals surface area contributed by atoms with E-state index in [1.165, 1.54) is 0 Å². The lowest BCUT2D eigenvalue weighted by atomic mass is 10.2. The second kappa shape index (κ2) is 6.49. The van der Waals surface area contributed by atoms with E-state index >= 15 is 0 Å². The van der Waals surface area contributed by atoms with Crippen LogP contribution in [-0.2, 0) is 17.3 Å². The molecule has 23 heavy (non-hydrogen) atoms. The summed E-state index contributed by atoms with van der Waals surface area (Å²) in [6.07, 6.45) is 2.61. The first-order valence-electron chi connectivity index (χ1n) is 7.54. The molecule has 1 aliphatic rings. The second-order valence-corrected chi connectivity index (χ2v) is 6.94. The molecule has 122 valence electrons. The first-order chi connectivity index (χ1) is 11.1. The van der Waals surface area contributed by atoms with Gasteiger partial charge in [-0.25, -0.2) is 9.97 Å². The molecule has 1 aliphatic heterocycles. The Hall–Kier alpha value is -2.22. The Balaban J connectivity index is 1.90. The molecule has 0 amide bonds. The molecule has 3 N–H and O–H groups in total. The van der Waals surface area contributed by atoms with Crippen molar-refractivity contribution in [2.75, 3.05) is 28.4 Å². The third kappa shape index (κ3) is 3.26. The normalized spacial score (nSPS) is 14.4. The van der Waals surface area contributed by atoms with Crippen molar-refractivity contribution in [2.24, 2.45) is 0 Å². The summed E-state index contributed by atoms with van der Waals surface area (Å²) >= 11 is 0. The first kappa shape index (κ1) is 15.7. The Bertz CT molecular complexity index is 751. The molecule has 7 nitrogen and oxygen atoms in total. The van der Waals surface area contributed by atoms with Crippen LogP contribution in [-0.4, -0.2) is 31.6 Å². The number of nitrogens with two attached hydrogens (primary N) is 1. The largest absolute Gasteiger partial charge is 0.382 e. The lowest BCUT2D eigenvalue weighted by Gasteiger charge is -2.17. The minimum absolute atomic E-state index is 0.308. The topological polar surface area (TPSA) is 97.0 Å². The van der Waals surface area contributed by atoms with Gasteiger partial charge in [-0.05, 0) is 31.0 Å². The Morgan fingerprint density at radius 3 is 3.00 bits per heavy atom. The van der Waals surface area contributed by atoms with Crippen LogP contribution in [0.5, 0.6) is 0 Å². The van der Waals surface area contributed by atoms with Gasteiger partial charge in [0.25, 0.3) is 0 Å². The van der Waals surface area contributed by atoms with Gasteiger partial charge in [0.15, 0.2) is 11.6 Å². The average molecular weight is 332 g/mol. The van der Waals surface area contributed by atoms with Crippen molar-refractivity contribution < 1.29 is 4.21 Å². The molecule has 1 atom stereocenters. The van der Waals surface area contributed by atoms with Crippen LogP contribution in [0.25, 0.3) is 0 Å². The number of rotatable bonds is 5. The molecule has 3 rings (SSSR count). The average Bonchev–Trinajstić information content (AvgIpc) is 2.91. The summed E-state index contributed by atoms with van der Waals surface area (Å²) in [5, 5.41) is 3.52. The Kier molecular flexibility index (Phi) is 4.42. The Morgan fingerprint density at radius 1 is 1.43 bits per heavy atom. The zero-order valence-electron chi connectivity index (χ0n) is 13.2. The molecular weight excluding hydrogens is 312 g/mol. The molecule has 0 fully saturated rings. The SMILES string of the molecule is CCCS(=O)c1nc(N)c2c(n1)N(Cc1ccnc(C)c1)CN2. The van der Waals surface area contributed by atoms with Gasteiger partial charge in [0.2, 0.25) is 5.16 Å². The smallest absolute Gasteiger partial charge is 0.222 e. The highest BCUT2D eigenvalue weighted by Gasteiger charge is 2.25. The van der Waals surface area contributed by atoms with E-state index < -0.39 is 10.8 Å². The predicted octanol–water partition coefficient (Wildman–Crippen LogP) is 1.67. The molecule has 0 aromatic carbocycles. The van der Waals surface area contributed by atoms with Gasteiger partial charge in [-0.3, -0.25) is 9.19 Å². The van der Waals surface area contributed by atoms with Gasteiger partial charge in [-0.15, -0.1) is 0 Å². The molecule has 0 saturated heterocycles. The van der Waals surface area contributed by atoms with Crippen molar-refractivity contribution in [1.82, 2.24) is 15.0 Å². The van der Waals surface area contributed by atoms with Crippen LogP contribution in [0, 0.1) is 6.92 Å². The van der Waals surface area contributed by atoms with Crippen LogP contribution in [0.4, 0.5) is 17.3 Å². The van der Waals surface area contributed by atoms with Crippen LogP contribution in [0.3, 0.4) is 0 Å². The molecule has 0 bridgehead atoms. The van der Waals surface area contributed by atoms with Crippen LogP contribution in [0.2, 0.25) is 0 Å². The summed E-state index contributed by atoms with van der Waals surface area (Å²) in [5.74, 6) is 1.60. The summed E-state index contributed by atoms with van der Waals surface area (Å²) in [4.78, 5) is 15.0. The number of pyridine rings is 1. The quantitative estimate of drug-likeness (QED) is 0.804. The fourth-order valence-electron chi connectivity index (χ4n) is 2.53. The minimum Gasteiger partial charge on any atom is -0.382 e. The molecule has 2 aromatic heterocycles. The maximum absolute atomic E-state index is 12.2. The van der Waals surface area contributed by atoms with E-state index in [1.54, 1.807) is 6.20 Å². The number of hydrogen-bond acceptors (Lipinski definition) is 7. The summed E-state index contributed by atoms with van der Waals surface area (Å²) in [6.45, 7) is 5.22. The van der Waals surface area contributed by atoms with Crippen molar-refractivity contribution >= 4 is 28.1 Å². The number of fused-ring (bicyclic) bond motifs is 1. The molecule has 8 heteroatoms. The highest BCUT2D eigenvalue weighted by atomic mass is 32.2. The van der Waals surface area contributed by atoms with E-state index in [-0.39, 0.29) is 0 Å². The van der Waals surface area contributed by atoms with Crippen LogP contribution in [0.1, 0.15) is 24.6 Å². The van der Waals surface area contributed by atoms with Gasteiger partial charge in [0.05, 0.1) is 17.5 Å². The third-order valence-corrected chi connectivity index (χ3v) is 4.94. The zero-order valence-corrected chi connectivity index (χ0v) is 14.1. The predicted molar refractivity (Wildman–Crippen MR) is 91.7 cm³/mol. The van der Waals surface area contributed by atoms with E-state index in [1.807, 2.05) is 26.0 Å². The molecular formula is C15H20N6OS. The van der Waals surface area contributed by atoms with Gasteiger partial charge in [0.1, 0.15) is 5.69 Å². The van der Waals surface area contributed by atoms with Crippen LogP contribution < -0.4 is 16.0 Å². The van der Waals surface area contributed by atoms with Gasteiger partial charge < -0.3 is 16.0 Å². The standard InChI is InChI=1S/C15H20N6OS/c1-3-6-23(22)15-19-13(16)12-14(20-15)21(9-18-12)8-11-4-5-17-10(2)7-11/h4-5,7,18H,3,6,8-9H2,1-2H3,(H2,16,19,20). The monoisotopic (exact) mass is 332 g/mol. The number of aromatic nitrogens is 3. The number of nitrogen functional groups attached to an aromatic ring is 1. The van der Waals surface area contributed by atoms with Crippen LogP contribution in [0.15, 0.2) is 23.5 Å². The number of aryl methyl sites for hydroxylation is 1. The van der Waals surface area contributed by atoms with E-state index in [9.17, 15) is 4.21 Å². The maximum Gasteiger partial charge on any atom is 0.222 e. The summed E-state index contributed by atoms with van der Waals surface area (Å²) in [6, 6.07) is 4.02.